The van der Waals surface area contributed by atoms with E-state index in [1.807, 2.05) is 20.8 Å². The zero-order valence-electron chi connectivity index (χ0n) is 7.42. The Morgan fingerprint density at radius 3 is 2.27 bits per heavy atom. The number of rotatable bonds is 5. The van der Waals surface area contributed by atoms with Crippen molar-refractivity contribution in [1.29, 1.82) is 0 Å². The number of sulfone groups is 1. The molecule has 0 amide bonds. The fourth-order valence-electron chi connectivity index (χ4n) is 0.677. The fourth-order valence-corrected chi connectivity index (χ4v) is 2.03. The minimum atomic E-state index is -2.84. The Morgan fingerprint density at radius 1 is 1.36 bits per heavy atom. The molecule has 0 radical (unpaired) electrons. The second-order valence-corrected chi connectivity index (χ2v) is 5.13. The van der Waals surface area contributed by atoms with Gasteiger partial charge in [-0.05, 0) is 6.42 Å². The Labute approximate surface area is 69.1 Å². The molecule has 0 heterocycles. The van der Waals surface area contributed by atoms with Crippen LogP contribution in [0.3, 0.4) is 0 Å². The molecular weight excluding hydrogens is 162 g/mol. The molecule has 0 unspecified atom stereocenters. The molecule has 11 heavy (non-hydrogen) atoms. The topological polar surface area (TPSA) is 46.2 Å². The van der Waals surface area contributed by atoms with Gasteiger partial charge in [-0.25, -0.2) is 8.42 Å². The molecule has 0 aliphatic heterocycles. The smallest absolute Gasteiger partial charge is 0.163 e. The summed E-state index contributed by atoms with van der Waals surface area (Å²) < 4.78 is 22.1. The van der Waals surface area contributed by atoms with Gasteiger partial charge in [-0.2, -0.15) is 0 Å². The zero-order valence-corrected chi connectivity index (χ0v) is 8.24. The monoisotopic (exact) mass is 179 g/mol. The van der Waals surface area contributed by atoms with Crippen LogP contribution in [0.5, 0.6) is 0 Å². The molecule has 68 valence electrons. The van der Waals surface area contributed by atoms with Crippen molar-refractivity contribution in [3.05, 3.63) is 0 Å². The highest BCUT2D eigenvalue weighted by molar-refractivity contribution is 7.91. The van der Waals surface area contributed by atoms with Crippen molar-refractivity contribution in [2.75, 3.05) is 11.6 Å². The van der Waals surface area contributed by atoms with Gasteiger partial charge in [0.2, 0.25) is 0 Å². The van der Waals surface area contributed by atoms with E-state index in [1.54, 1.807) is 0 Å². The van der Waals surface area contributed by atoms with E-state index in [0.29, 0.717) is 6.42 Å². The Hall–Kier alpha value is -0.0900. The van der Waals surface area contributed by atoms with Gasteiger partial charge >= 0.3 is 0 Å². The Balaban J connectivity index is 3.74. The average Bonchev–Trinajstić information content (AvgIpc) is 1.84. The van der Waals surface area contributed by atoms with E-state index in [1.165, 1.54) is 0 Å². The van der Waals surface area contributed by atoms with Crippen molar-refractivity contribution < 1.29 is 8.42 Å². The van der Waals surface area contributed by atoms with Gasteiger partial charge in [0.25, 0.3) is 0 Å². The lowest BCUT2D eigenvalue weighted by Crippen LogP contribution is -2.30. The molecule has 0 aliphatic carbocycles. The van der Waals surface area contributed by atoms with Crippen LogP contribution in [-0.2, 0) is 9.84 Å². The standard InChI is InChI=1S/C7H17NO2S/c1-4-5-11(9,10)6-8-7(2)3/h7-8H,4-6H2,1-3H3. The average molecular weight is 179 g/mol. The summed E-state index contributed by atoms with van der Waals surface area (Å²) in [4.78, 5) is 0. The van der Waals surface area contributed by atoms with Crippen LogP contribution in [0.2, 0.25) is 0 Å². The summed E-state index contributed by atoms with van der Waals surface area (Å²) in [5.41, 5.74) is 0. The largest absolute Gasteiger partial charge is 0.301 e. The lowest BCUT2D eigenvalue weighted by Gasteiger charge is -2.07. The van der Waals surface area contributed by atoms with Crippen LogP contribution in [0.25, 0.3) is 0 Å². The summed E-state index contributed by atoms with van der Waals surface area (Å²) in [5.74, 6) is 0.394. The van der Waals surface area contributed by atoms with E-state index < -0.39 is 9.84 Å². The Kier molecular flexibility index (Phi) is 4.68. The molecule has 0 spiro atoms. The Morgan fingerprint density at radius 2 is 1.91 bits per heavy atom. The third-order valence-electron chi connectivity index (χ3n) is 1.23. The van der Waals surface area contributed by atoms with Crippen LogP contribution in [0.1, 0.15) is 27.2 Å². The SMILES string of the molecule is CCCS(=O)(=O)CNC(C)C. The first-order valence-corrected chi connectivity index (χ1v) is 5.74. The van der Waals surface area contributed by atoms with Gasteiger partial charge in [0.05, 0.1) is 11.6 Å². The molecule has 0 aliphatic rings. The van der Waals surface area contributed by atoms with Crippen molar-refractivity contribution >= 4 is 9.84 Å². The minimum Gasteiger partial charge on any atom is -0.301 e. The van der Waals surface area contributed by atoms with Gasteiger partial charge in [0, 0.05) is 6.04 Å². The van der Waals surface area contributed by atoms with Gasteiger partial charge in [-0.3, -0.25) is 0 Å². The van der Waals surface area contributed by atoms with Gasteiger partial charge < -0.3 is 5.32 Å². The highest BCUT2D eigenvalue weighted by atomic mass is 32.2. The summed E-state index contributed by atoms with van der Waals surface area (Å²) in [6.07, 6.45) is 0.697. The van der Waals surface area contributed by atoms with E-state index in [9.17, 15) is 8.42 Å². The summed E-state index contributed by atoms with van der Waals surface area (Å²) in [6, 6.07) is 0.238. The Bertz CT molecular complexity index is 185. The predicted molar refractivity (Wildman–Crippen MR) is 47.2 cm³/mol. The highest BCUT2D eigenvalue weighted by Crippen LogP contribution is 1.91. The van der Waals surface area contributed by atoms with Gasteiger partial charge in [-0.15, -0.1) is 0 Å². The van der Waals surface area contributed by atoms with Crippen molar-refractivity contribution in [1.82, 2.24) is 5.32 Å². The molecule has 4 heteroatoms. The molecule has 0 fully saturated rings. The van der Waals surface area contributed by atoms with Crippen LogP contribution < -0.4 is 5.32 Å². The molecule has 0 aromatic rings. The number of hydrogen-bond acceptors (Lipinski definition) is 3. The lowest BCUT2D eigenvalue weighted by atomic mass is 10.4. The predicted octanol–water partition coefficient (Wildman–Crippen LogP) is 0.767. The summed E-state index contributed by atoms with van der Waals surface area (Å²) in [7, 11) is -2.84. The number of hydrogen-bond donors (Lipinski definition) is 1. The molecule has 0 rings (SSSR count). The van der Waals surface area contributed by atoms with Crippen molar-refractivity contribution in [2.45, 2.75) is 33.2 Å². The molecule has 0 aromatic heterocycles. The maximum atomic E-state index is 11.1. The van der Waals surface area contributed by atoms with E-state index >= 15 is 0 Å². The summed E-state index contributed by atoms with van der Waals surface area (Å²) >= 11 is 0. The zero-order chi connectivity index (χ0) is 8.91. The first-order chi connectivity index (χ1) is 4.98. The van der Waals surface area contributed by atoms with Crippen LogP contribution in [-0.4, -0.2) is 26.1 Å². The minimum absolute atomic E-state index is 0.110. The third-order valence-corrected chi connectivity index (χ3v) is 2.86. The van der Waals surface area contributed by atoms with Crippen molar-refractivity contribution in [2.24, 2.45) is 0 Å². The van der Waals surface area contributed by atoms with Crippen LogP contribution >= 0.6 is 0 Å². The molecule has 0 bridgehead atoms. The normalized spacial score (nSPS) is 12.4. The van der Waals surface area contributed by atoms with Crippen LogP contribution in [0.15, 0.2) is 0 Å². The van der Waals surface area contributed by atoms with Crippen LogP contribution in [0.4, 0.5) is 0 Å². The molecule has 1 N–H and O–H groups in total. The van der Waals surface area contributed by atoms with E-state index in [0.717, 1.165) is 0 Å². The first-order valence-electron chi connectivity index (χ1n) is 3.91. The van der Waals surface area contributed by atoms with E-state index in [-0.39, 0.29) is 17.7 Å². The molecular formula is C7H17NO2S. The molecule has 0 aromatic carbocycles. The summed E-state index contributed by atoms with van der Waals surface area (Å²) in [6.45, 7) is 5.73. The van der Waals surface area contributed by atoms with Gasteiger partial charge in [0.15, 0.2) is 9.84 Å². The second-order valence-electron chi connectivity index (χ2n) is 2.95. The van der Waals surface area contributed by atoms with E-state index in [2.05, 4.69) is 5.32 Å². The van der Waals surface area contributed by atoms with Gasteiger partial charge in [0.1, 0.15) is 0 Å². The quantitative estimate of drug-likeness (QED) is 0.678. The lowest BCUT2D eigenvalue weighted by molar-refractivity contribution is 0.572. The third kappa shape index (κ3) is 6.31. The van der Waals surface area contributed by atoms with Crippen molar-refractivity contribution in [3.8, 4) is 0 Å². The number of nitrogens with one attached hydrogen (secondary N) is 1. The molecule has 0 atom stereocenters. The molecule has 3 nitrogen and oxygen atoms in total. The van der Waals surface area contributed by atoms with Gasteiger partial charge in [-0.1, -0.05) is 20.8 Å². The van der Waals surface area contributed by atoms with Crippen LogP contribution in [0, 0.1) is 0 Å². The summed E-state index contributed by atoms with van der Waals surface area (Å²) in [5, 5.41) is 2.88. The molecule has 0 saturated carbocycles. The van der Waals surface area contributed by atoms with E-state index in [4.69, 9.17) is 0 Å². The first kappa shape index (κ1) is 10.9. The molecule has 0 saturated heterocycles. The maximum Gasteiger partial charge on any atom is 0.163 e. The second kappa shape index (κ2) is 4.72. The maximum absolute atomic E-state index is 11.1. The highest BCUT2D eigenvalue weighted by Gasteiger charge is 2.08. The fraction of sp³-hybridized carbons (Fsp3) is 1.00. The van der Waals surface area contributed by atoms with Crippen molar-refractivity contribution in [3.63, 3.8) is 0 Å².